The van der Waals surface area contributed by atoms with Crippen LogP contribution in [0.3, 0.4) is 0 Å². The Hall–Kier alpha value is -3.67. The molecular weight excluding hydrogens is 466 g/mol. The van der Waals surface area contributed by atoms with Gasteiger partial charge in [0.05, 0.1) is 6.04 Å². The minimum Gasteiger partial charge on any atom is -0.480 e. The molecule has 0 aromatic heterocycles. The molecule has 4 unspecified atom stereocenters. The van der Waals surface area contributed by atoms with Crippen molar-refractivity contribution in [2.24, 2.45) is 28.1 Å². The summed E-state index contributed by atoms with van der Waals surface area (Å²) in [5.74, 6) is -2.98. The lowest BCUT2D eigenvalue weighted by Crippen LogP contribution is -2.56. The smallest absolute Gasteiger partial charge is 0.326 e. The molecule has 0 aliphatic carbocycles. The standard InChI is InChI=1S/C24H39N7O5/c1-14(2)12-19(31-21(33)17(25)13-16-8-5-4-6-9-16)22(34)29-15(3)20(32)30-18(23(35)36)10-7-11-28-24(26)27/h4-6,8-9,14-15,17-19H,7,10-13,25H2,1-3H3,(H,29,34)(H,30,32)(H,31,33)(H,35,36)(H4,26,27,28). The van der Waals surface area contributed by atoms with E-state index in [4.69, 9.17) is 17.2 Å². The molecule has 0 fully saturated rings. The molecule has 12 heteroatoms. The summed E-state index contributed by atoms with van der Waals surface area (Å²) in [6, 6.07) is 5.29. The van der Waals surface area contributed by atoms with Gasteiger partial charge in [-0.15, -0.1) is 0 Å². The Morgan fingerprint density at radius 2 is 1.53 bits per heavy atom. The summed E-state index contributed by atoms with van der Waals surface area (Å²) in [4.78, 5) is 53.4. The number of nitrogens with one attached hydrogen (secondary N) is 3. The van der Waals surface area contributed by atoms with Crippen LogP contribution in [0.15, 0.2) is 35.3 Å². The Balaban J connectivity index is 2.72. The number of carbonyl (C=O) groups is 4. The van der Waals surface area contributed by atoms with Gasteiger partial charge in [-0.05, 0) is 44.1 Å². The van der Waals surface area contributed by atoms with Crippen LogP contribution in [0.2, 0.25) is 0 Å². The third kappa shape index (κ3) is 11.6. The normalized spacial score (nSPS) is 14.1. The van der Waals surface area contributed by atoms with Gasteiger partial charge in [-0.3, -0.25) is 19.4 Å². The first kappa shape index (κ1) is 30.4. The Labute approximate surface area is 211 Å². The van der Waals surface area contributed by atoms with Crippen molar-refractivity contribution >= 4 is 29.7 Å². The van der Waals surface area contributed by atoms with Crippen LogP contribution in [0.4, 0.5) is 0 Å². The van der Waals surface area contributed by atoms with Gasteiger partial charge in [-0.1, -0.05) is 44.2 Å². The molecule has 1 aromatic rings. The number of amides is 3. The highest BCUT2D eigenvalue weighted by Gasteiger charge is 2.28. The molecule has 0 saturated heterocycles. The van der Waals surface area contributed by atoms with Gasteiger partial charge in [0.1, 0.15) is 18.1 Å². The van der Waals surface area contributed by atoms with E-state index in [0.29, 0.717) is 19.3 Å². The van der Waals surface area contributed by atoms with Gasteiger partial charge in [0, 0.05) is 6.54 Å². The third-order valence-corrected chi connectivity index (χ3v) is 5.29. The van der Waals surface area contributed by atoms with Crippen molar-refractivity contribution in [3.05, 3.63) is 35.9 Å². The molecule has 10 N–H and O–H groups in total. The molecule has 200 valence electrons. The lowest BCUT2D eigenvalue weighted by atomic mass is 10.0. The number of hydrogen-bond donors (Lipinski definition) is 7. The van der Waals surface area contributed by atoms with Crippen LogP contribution in [-0.4, -0.2) is 65.5 Å². The molecule has 3 amide bonds. The molecule has 1 rings (SSSR count). The summed E-state index contributed by atoms with van der Waals surface area (Å²) in [6.07, 6.45) is 1.07. The molecule has 12 nitrogen and oxygen atoms in total. The second-order valence-electron chi connectivity index (χ2n) is 9.07. The van der Waals surface area contributed by atoms with Crippen LogP contribution in [0.5, 0.6) is 0 Å². The average Bonchev–Trinajstić information content (AvgIpc) is 2.80. The molecule has 0 heterocycles. The highest BCUT2D eigenvalue weighted by Crippen LogP contribution is 2.08. The summed E-state index contributed by atoms with van der Waals surface area (Å²) in [7, 11) is 0. The first-order chi connectivity index (χ1) is 16.9. The number of carboxylic acid groups (broad SMARTS) is 1. The van der Waals surface area contributed by atoms with Crippen LogP contribution in [0.25, 0.3) is 0 Å². The number of carbonyl (C=O) groups excluding carboxylic acids is 3. The van der Waals surface area contributed by atoms with E-state index >= 15 is 0 Å². The van der Waals surface area contributed by atoms with E-state index in [0.717, 1.165) is 5.56 Å². The van der Waals surface area contributed by atoms with Gasteiger partial charge < -0.3 is 38.3 Å². The van der Waals surface area contributed by atoms with Crippen molar-refractivity contribution in [3.63, 3.8) is 0 Å². The Bertz CT molecular complexity index is 903. The topological polar surface area (TPSA) is 215 Å². The fourth-order valence-electron chi connectivity index (χ4n) is 3.38. The number of aliphatic carboxylic acids is 1. The van der Waals surface area contributed by atoms with Crippen LogP contribution < -0.4 is 33.2 Å². The Kier molecular flexibility index (Phi) is 12.9. The number of aliphatic imine (C=N–C) groups is 1. The van der Waals surface area contributed by atoms with Crippen LogP contribution in [0, 0.1) is 5.92 Å². The van der Waals surface area contributed by atoms with Crippen molar-refractivity contribution in [2.75, 3.05) is 6.54 Å². The van der Waals surface area contributed by atoms with Crippen LogP contribution in [0.1, 0.15) is 45.6 Å². The summed E-state index contributed by atoms with van der Waals surface area (Å²) in [6.45, 7) is 5.44. The first-order valence-electron chi connectivity index (χ1n) is 11.9. The summed E-state index contributed by atoms with van der Waals surface area (Å²) in [5, 5.41) is 17.0. The number of guanidine groups is 1. The third-order valence-electron chi connectivity index (χ3n) is 5.29. The van der Waals surface area contributed by atoms with Crippen LogP contribution >= 0.6 is 0 Å². The predicted molar refractivity (Wildman–Crippen MR) is 137 cm³/mol. The summed E-state index contributed by atoms with van der Waals surface area (Å²) >= 11 is 0. The van der Waals surface area contributed by atoms with Gasteiger partial charge in [0.25, 0.3) is 0 Å². The molecule has 0 aliphatic heterocycles. The second kappa shape index (κ2) is 15.4. The van der Waals surface area contributed by atoms with E-state index in [9.17, 15) is 24.3 Å². The van der Waals surface area contributed by atoms with Crippen molar-refractivity contribution in [1.82, 2.24) is 16.0 Å². The minimum absolute atomic E-state index is 0.0668. The Morgan fingerprint density at radius 3 is 2.08 bits per heavy atom. The molecule has 0 aliphatic rings. The van der Waals surface area contributed by atoms with Gasteiger partial charge in [-0.25, -0.2) is 4.79 Å². The van der Waals surface area contributed by atoms with Gasteiger partial charge in [0.15, 0.2) is 5.96 Å². The maximum Gasteiger partial charge on any atom is 0.326 e. The molecule has 0 spiro atoms. The molecule has 36 heavy (non-hydrogen) atoms. The molecular formula is C24H39N7O5. The molecule has 4 atom stereocenters. The van der Waals surface area contributed by atoms with E-state index in [1.165, 1.54) is 6.92 Å². The quantitative estimate of drug-likeness (QED) is 0.0908. The number of nitrogens with zero attached hydrogens (tertiary/aromatic N) is 1. The van der Waals surface area contributed by atoms with Gasteiger partial charge >= 0.3 is 5.97 Å². The number of rotatable bonds is 15. The maximum absolute atomic E-state index is 12.9. The number of benzene rings is 1. The van der Waals surface area contributed by atoms with Crippen molar-refractivity contribution in [1.29, 1.82) is 0 Å². The number of nitrogens with two attached hydrogens (primary N) is 3. The molecule has 0 bridgehead atoms. The Morgan fingerprint density at radius 1 is 0.917 bits per heavy atom. The zero-order valence-electron chi connectivity index (χ0n) is 21.1. The summed E-state index contributed by atoms with van der Waals surface area (Å²) in [5.41, 5.74) is 17.4. The van der Waals surface area contributed by atoms with Crippen LogP contribution in [-0.2, 0) is 25.6 Å². The fraction of sp³-hybridized carbons (Fsp3) is 0.542. The largest absolute Gasteiger partial charge is 0.480 e. The lowest BCUT2D eigenvalue weighted by molar-refractivity contribution is -0.142. The van der Waals surface area contributed by atoms with Gasteiger partial charge in [-0.2, -0.15) is 0 Å². The van der Waals surface area contributed by atoms with Crippen molar-refractivity contribution < 1.29 is 24.3 Å². The van der Waals surface area contributed by atoms with E-state index in [1.54, 1.807) is 0 Å². The van der Waals surface area contributed by atoms with Crippen molar-refractivity contribution in [2.45, 2.75) is 70.6 Å². The van der Waals surface area contributed by atoms with E-state index in [2.05, 4.69) is 20.9 Å². The SMILES string of the molecule is CC(C)CC(NC(=O)C(N)Cc1ccccc1)C(=O)NC(C)C(=O)NC(CCCN=C(N)N)C(=O)O. The number of hydrogen-bond acceptors (Lipinski definition) is 6. The van der Waals surface area contributed by atoms with Gasteiger partial charge in [0.2, 0.25) is 17.7 Å². The van der Waals surface area contributed by atoms with E-state index in [1.807, 2.05) is 44.2 Å². The van der Waals surface area contributed by atoms with E-state index in [-0.39, 0.29) is 24.8 Å². The lowest BCUT2D eigenvalue weighted by Gasteiger charge is -2.24. The minimum atomic E-state index is -1.22. The highest BCUT2D eigenvalue weighted by molar-refractivity contribution is 5.94. The summed E-state index contributed by atoms with van der Waals surface area (Å²) < 4.78 is 0. The fourth-order valence-corrected chi connectivity index (χ4v) is 3.38. The van der Waals surface area contributed by atoms with E-state index < -0.39 is 47.9 Å². The molecule has 0 saturated carbocycles. The predicted octanol–water partition coefficient (Wildman–Crippen LogP) is -0.785. The first-order valence-corrected chi connectivity index (χ1v) is 11.9. The molecule has 0 radical (unpaired) electrons. The molecule has 1 aromatic carbocycles. The zero-order valence-corrected chi connectivity index (χ0v) is 21.1. The highest BCUT2D eigenvalue weighted by atomic mass is 16.4. The number of carboxylic acids is 1. The second-order valence-corrected chi connectivity index (χ2v) is 9.07. The average molecular weight is 506 g/mol. The maximum atomic E-state index is 12.9. The van der Waals surface area contributed by atoms with Crippen molar-refractivity contribution in [3.8, 4) is 0 Å². The monoisotopic (exact) mass is 505 g/mol. The zero-order chi connectivity index (χ0) is 27.3.